The molecule has 0 radical (unpaired) electrons. The predicted molar refractivity (Wildman–Crippen MR) is 81.2 cm³/mol. The van der Waals surface area contributed by atoms with Crippen molar-refractivity contribution in [3.63, 3.8) is 0 Å². The van der Waals surface area contributed by atoms with Crippen molar-refractivity contribution >= 4 is 33.1 Å². The fourth-order valence-electron chi connectivity index (χ4n) is 2.37. The monoisotopic (exact) mass is 347 g/mol. The number of methoxy groups -OCH3 is 1. The largest absolute Gasteiger partial charge is 0.477 e. The van der Waals surface area contributed by atoms with Crippen molar-refractivity contribution in [3.8, 4) is 0 Å². The number of carboxylic acids is 1. The number of carbonyl (C=O) groups is 2. The Labute approximate surface area is 132 Å². The molecule has 1 N–H and O–H groups in total. The van der Waals surface area contributed by atoms with Crippen LogP contribution >= 0.6 is 11.3 Å². The maximum atomic E-state index is 12.6. The summed E-state index contributed by atoms with van der Waals surface area (Å²) in [7, 11) is -1.61. The van der Waals surface area contributed by atoms with Crippen molar-refractivity contribution in [1.82, 2.24) is 4.90 Å². The Bertz CT molecular complexity index is 666. The van der Waals surface area contributed by atoms with Crippen LogP contribution in [0.5, 0.6) is 0 Å². The summed E-state index contributed by atoms with van der Waals surface area (Å²) in [5.74, 6) is -1.42. The van der Waals surface area contributed by atoms with Gasteiger partial charge in [-0.05, 0) is 18.6 Å². The van der Waals surface area contributed by atoms with Gasteiger partial charge in [-0.2, -0.15) is 0 Å². The van der Waals surface area contributed by atoms with Gasteiger partial charge in [0.15, 0.2) is 9.84 Å². The van der Waals surface area contributed by atoms with Gasteiger partial charge in [0.2, 0.25) is 0 Å². The number of aromatic carboxylic acids is 1. The molecule has 2 rings (SSSR count). The zero-order chi connectivity index (χ0) is 16.3. The van der Waals surface area contributed by atoms with Crippen LogP contribution in [-0.4, -0.2) is 68.1 Å². The van der Waals surface area contributed by atoms with Crippen LogP contribution in [0.1, 0.15) is 25.8 Å². The second-order valence-corrected chi connectivity index (χ2v) is 8.33. The predicted octanol–water partition coefficient (Wildman–Crippen LogP) is 0.722. The van der Waals surface area contributed by atoms with Gasteiger partial charge in [-0.15, -0.1) is 11.3 Å². The van der Waals surface area contributed by atoms with Gasteiger partial charge in [0, 0.05) is 19.7 Å². The van der Waals surface area contributed by atoms with E-state index in [4.69, 9.17) is 9.84 Å². The highest BCUT2D eigenvalue weighted by molar-refractivity contribution is 7.91. The molecular weight excluding hydrogens is 330 g/mol. The summed E-state index contributed by atoms with van der Waals surface area (Å²) >= 11 is 0.889. The van der Waals surface area contributed by atoms with Crippen LogP contribution in [0.25, 0.3) is 0 Å². The summed E-state index contributed by atoms with van der Waals surface area (Å²) in [6.45, 7) is 0.565. The van der Waals surface area contributed by atoms with Gasteiger partial charge >= 0.3 is 5.97 Å². The summed E-state index contributed by atoms with van der Waals surface area (Å²) in [6, 6.07) is 2.45. The van der Waals surface area contributed by atoms with E-state index in [1.165, 1.54) is 24.1 Å². The van der Waals surface area contributed by atoms with Crippen molar-refractivity contribution in [3.05, 3.63) is 21.9 Å². The van der Waals surface area contributed by atoms with Crippen LogP contribution < -0.4 is 0 Å². The number of hydrogen-bond donors (Lipinski definition) is 1. The normalized spacial score (nSPS) is 20.0. The number of nitrogens with zero attached hydrogens (tertiary/aromatic N) is 1. The minimum atomic E-state index is -3.11. The number of rotatable bonds is 6. The van der Waals surface area contributed by atoms with Crippen LogP contribution in [0.2, 0.25) is 0 Å². The molecule has 0 bridgehead atoms. The molecule has 1 saturated heterocycles. The van der Waals surface area contributed by atoms with E-state index in [0.29, 0.717) is 13.0 Å². The first-order valence-electron chi connectivity index (χ1n) is 6.67. The number of hydrogen-bond acceptors (Lipinski definition) is 6. The van der Waals surface area contributed by atoms with Crippen LogP contribution in [0.3, 0.4) is 0 Å². The second kappa shape index (κ2) is 6.76. The Morgan fingerprint density at radius 2 is 2.09 bits per heavy atom. The van der Waals surface area contributed by atoms with Crippen LogP contribution in [0.4, 0.5) is 0 Å². The Kier molecular flexibility index (Phi) is 5.20. The first-order valence-corrected chi connectivity index (χ1v) is 9.31. The first kappa shape index (κ1) is 16.9. The molecule has 1 aromatic rings. The summed E-state index contributed by atoms with van der Waals surface area (Å²) in [5.41, 5.74) is 0. The molecule has 1 aliphatic rings. The molecular formula is C13H17NO6S2. The van der Waals surface area contributed by atoms with E-state index in [-0.39, 0.29) is 39.8 Å². The molecule has 122 valence electrons. The maximum absolute atomic E-state index is 12.6. The van der Waals surface area contributed by atoms with Gasteiger partial charge in [0.05, 0.1) is 23.0 Å². The zero-order valence-electron chi connectivity index (χ0n) is 12.0. The molecule has 0 saturated carbocycles. The maximum Gasteiger partial charge on any atom is 0.345 e. The lowest BCUT2D eigenvalue weighted by Crippen LogP contribution is -2.42. The number of ether oxygens (including phenoxy) is 1. The summed E-state index contributed by atoms with van der Waals surface area (Å²) < 4.78 is 28.2. The highest BCUT2D eigenvalue weighted by Crippen LogP contribution is 2.23. The zero-order valence-corrected chi connectivity index (χ0v) is 13.7. The highest BCUT2D eigenvalue weighted by Gasteiger charge is 2.35. The average molecular weight is 347 g/mol. The van der Waals surface area contributed by atoms with Gasteiger partial charge in [-0.3, -0.25) is 4.79 Å². The molecule has 1 unspecified atom stereocenters. The van der Waals surface area contributed by atoms with Gasteiger partial charge in [-0.25, -0.2) is 13.2 Å². The molecule has 1 atom stereocenters. The van der Waals surface area contributed by atoms with Crippen LogP contribution in [0.15, 0.2) is 12.1 Å². The Balaban J connectivity index is 2.20. The van der Waals surface area contributed by atoms with Crippen molar-refractivity contribution in [2.45, 2.75) is 12.5 Å². The fourth-order valence-corrected chi connectivity index (χ4v) is 4.90. The Hall–Kier alpha value is -1.45. The van der Waals surface area contributed by atoms with Crippen LogP contribution in [-0.2, 0) is 14.6 Å². The van der Waals surface area contributed by atoms with E-state index >= 15 is 0 Å². The first-order chi connectivity index (χ1) is 10.3. The lowest BCUT2D eigenvalue weighted by molar-refractivity contribution is 0.0628. The number of sulfone groups is 1. The van der Waals surface area contributed by atoms with Gasteiger partial charge in [-0.1, -0.05) is 0 Å². The molecule has 22 heavy (non-hydrogen) atoms. The van der Waals surface area contributed by atoms with E-state index in [2.05, 4.69) is 0 Å². The van der Waals surface area contributed by atoms with E-state index in [9.17, 15) is 18.0 Å². The van der Waals surface area contributed by atoms with E-state index in [1.54, 1.807) is 0 Å². The van der Waals surface area contributed by atoms with E-state index < -0.39 is 15.8 Å². The summed E-state index contributed by atoms with van der Waals surface area (Å²) in [4.78, 5) is 25.3. The third-order valence-electron chi connectivity index (χ3n) is 3.47. The topological polar surface area (TPSA) is 101 Å². The fraction of sp³-hybridized carbons (Fsp3) is 0.538. The van der Waals surface area contributed by atoms with Crippen molar-refractivity contribution < 1.29 is 27.9 Å². The Morgan fingerprint density at radius 3 is 2.59 bits per heavy atom. The smallest absolute Gasteiger partial charge is 0.345 e. The SMILES string of the molecule is COCCN(C(=O)c1ccc(C(=O)O)s1)C1CCS(=O)(=O)C1. The van der Waals surface area contributed by atoms with Crippen LogP contribution in [0, 0.1) is 0 Å². The standard InChI is InChI=1S/C13H17NO6S2/c1-20-6-5-14(9-4-7-22(18,19)8-9)12(15)10-2-3-11(21-10)13(16)17/h2-3,9H,4-8H2,1H3,(H,16,17). The third-order valence-corrected chi connectivity index (χ3v) is 6.29. The minimum Gasteiger partial charge on any atom is -0.477 e. The Morgan fingerprint density at radius 1 is 1.41 bits per heavy atom. The number of thiophene rings is 1. The van der Waals surface area contributed by atoms with Gasteiger partial charge < -0.3 is 14.7 Å². The molecule has 0 aliphatic carbocycles. The number of amides is 1. The molecule has 0 spiro atoms. The molecule has 9 heteroatoms. The highest BCUT2D eigenvalue weighted by atomic mass is 32.2. The third kappa shape index (κ3) is 3.84. The van der Waals surface area contributed by atoms with Gasteiger partial charge in [0.1, 0.15) is 4.88 Å². The average Bonchev–Trinajstić information content (AvgIpc) is 3.06. The quantitative estimate of drug-likeness (QED) is 0.814. The van der Waals surface area contributed by atoms with Crippen molar-refractivity contribution in [2.75, 3.05) is 31.8 Å². The molecule has 1 amide bonds. The second-order valence-electron chi connectivity index (χ2n) is 5.02. The molecule has 1 aromatic heterocycles. The van der Waals surface area contributed by atoms with Crippen molar-refractivity contribution in [1.29, 1.82) is 0 Å². The number of carboxylic acid groups (broad SMARTS) is 1. The summed E-state index contributed by atoms with van der Waals surface area (Å²) in [6.07, 6.45) is 0.398. The lowest BCUT2D eigenvalue weighted by atomic mass is 10.2. The summed E-state index contributed by atoms with van der Waals surface area (Å²) in [5, 5.41) is 8.93. The van der Waals surface area contributed by atoms with E-state index in [0.717, 1.165) is 11.3 Å². The molecule has 7 nitrogen and oxygen atoms in total. The molecule has 2 heterocycles. The van der Waals surface area contributed by atoms with Gasteiger partial charge in [0.25, 0.3) is 5.91 Å². The molecule has 1 aliphatic heterocycles. The molecule has 0 aromatic carbocycles. The van der Waals surface area contributed by atoms with E-state index in [1.807, 2.05) is 0 Å². The molecule has 1 fully saturated rings. The van der Waals surface area contributed by atoms with Crippen molar-refractivity contribution in [2.24, 2.45) is 0 Å². The lowest BCUT2D eigenvalue weighted by Gasteiger charge is -2.27. The minimum absolute atomic E-state index is 0.0559. The number of carbonyl (C=O) groups excluding carboxylic acids is 1.